The number of piperazine rings is 3. The van der Waals surface area contributed by atoms with Crippen molar-refractivity contribution in [3.05, 3.63) is 233 Å². The van der Waals surface area contributed by atoms with Crippen LogP contribution in [-0.2, 0) is 58.0 Å². The Kier molecular flexibility index (Phi) is 27.6. The van der Waals surface area contributed by atoms with Gasteiger partial charge in [-0.25, -0.2) is 19.7 Å². The van der Waals surface area contributed by atoms with Crippen molar-refractivity contribution in [3.63, 3.8) is 0 Å². The number of benzene rings is 6. The molecule has 0 radical (unpaired) electrons. The summed E-state index contributed by atoms with van der Waals surface area (Å²) in [5.74, 6) is 2.19. The maximum Gasteiger partial charge on any atom is 0.318 e. The first-order valence-corrected chi connectivity index (χ1v) is 43.7. The van der Waals surface area contributed by atoms with Crippen molar-refractivity contribution >= 4 is 84.6 Å². The quantitative estimate of drug-likeness (QED) is 0.0429. The van der Waals surface area contributed by atoms with E-state index < -0.39 is 0 Å². The molecule has 28 heteroatoms. The number of anilines is 6. The Hall–Kier alpha value is -12.5. The maximum absolute atomic E-state index is 12.6. The molecule has 125 heavy (non-hydrogen) atoms. The van der Waals surface area contributed by atoms with E-state index in [0.29, 0.717) is 122 Å². The molecule has 5 fully saturated rings. The molecule has 6 atom stereocenters. The second-order valence-electron chi connectivity index (χ2n) is 34.4. The van der Waals surface area contributed by atoms with E-state index in [1.807, 2.05) is 14.1 Å². The Balaban J connectivity index is 0.000000145. The fourth-order valence-corrected chi connectivity index (χ4v) is 18.7. The predicted molar refractivity (Wildman–Crippen MR) is 492 cm³/mol. The zero-order valence-electron chi connectivity index (χ0n) is 73.2. The monoisotopic (exact) mass is 1690 g/mol. The highest BCUT2D eigenvalue weighted by atomic mass is 16.5. The van der Waals surface area contributed by atoms with E-state index >= 15 is 0 Å². The third kappa shape index (κ3) is 19.5. The summed E-state index contributed by atoms with van der Waals surface area (Å²) in [6.45, 7) is 51.3. The topological polar surface area (TPSA) is 217 Å². The lowest BCUT2D eigenvalue weighted by atomic mass is 10.0. The molecule has 650 valence electrons. The summed E-state index contributed by atoms with van der Waals surface area (Å²) in [7, 11) is 10.1. The minimum absolute atomic E-state index is 0.126. The molecule has 9 aromatic rings. The van der Waals surface area contributed by atoms with Crippen molar-refractivity contribution in [2.45, 2.75) is 114 Å². The van der Waals surface area contributed by atoms with Crippen molar-refractivity contribution in [1.82, 2.24) is 59.3 Å². The molecule has 0 N–H and O–H groups in total. The molecule has 6 aromatic carbocycles. The van der Waals surface area contributed by atoms with Crippen LogP contribution in [0.25, 0.3) is 46.9 Å². The zero-order chi connectivity index (χ0) is 87.4. The Morgan fingerprint density at radius 2 is 0.808 bits per heavy atom. The number of likely N-dealkylation sites (N-methyl/N-ethyl adjacent to an activating group) is 3. The van der Waals surface area contributed by atoms with Crippen LogP contribution in [0.4, 0.5) is 34.5 Å². The van der Waals surface area contributed by atoms with Gasteiger partial charge in [-0.2, -0.15) is 29.9 Å². The van der Waals surface area contributed by atoms with E-state index in [0.717, 1.165) is 116 Å². The standard InChI is InChI=1S/C33H39N7O3.C32H37N7O2.C32H39N7O2/c1-5-31(41)40-16-15-39(19-25(40)18-34-2)32-28-13-14-38(30-12-8-10-23-9-6-7-11-27(23)30)21-29(28)35-33(36-32)43-22-24-17-26(42-4)20-37(24)3;1-4-30(40)39-18-17-38(20-25(39)19-33-2)31-27-14-16-37(29-13-7-10-23-9-5-6-12-26(23)29)21-28(27)34-32(35-31)41-22-24-11-8-15-36(24)3;1-7-29(40)39-18-17-38(20-24(39)19-33-4)30-26-15-16-37(28-14-10-12-23-11-8-9-13-25(23)28)21-27(26)34-31(35-30)41-22-32(2,3)36(5)6/h5-12,24-26H,1,13-22H2,3-4H3;4-7,9-10,12-13,24-25H,1,8,11,14-22H2,3H3;7-14,24H,1,15-22H2,2-3,5-6H3/t24-,25?,26+;24-,25+;/m01./s1. The number of fused-ring (bicyclic) bond motifs is 6. The first kappa shape index (κ1) is 87.4. The minimum Gasteiger partial charge on any atom is -0.462 e. The minimum atomic E-state index is -0.236. The molecule has 3 amide bonds. The van der Waals surface area contributed by atoms with Crippen LogP contribution in [0.2, 0.25) is 0 Å². The highest BCUT2D eigenvalue weighted by molar-refractivity contribution is 5.97. The number of likely N-dealkylation sites (tertiary alicyclic amines) is 2. The summed E-state index contributed by atoms with van der Waals surface area (Å²) in [4.78, 5) is 104. The maximum atomic E-state index is 12.6. The molecule has 17 rings (SSSR count). The second kappa shape index (κ2) is 39.6. The summed E-state index contributed by atoms with van der Waals surface area (Å²) < 4.78 is 24.5. The Bertz CT molecular complexity index is 5550. The average molecular weight is 1690 g/mol. The van der Waals surface area contributed by atoms with Crippen LogP contribution >= 0.6 is 0 Å². The van der Waals surface area contributed by atoms with E-state index in [9.17, 15) is 14.4 Å². The van der Waals surface area contributed by atoms with Gasteiger partial charge in [-0.15, -0.1) is 0 Å². The van der Waals surface area contributed by atoms with Gasteiger partial charge < -0.3 is 87.4 Å². The van der Waals surface area contributed by atoms with Crippen molar-refractivity contribution in [2.24, 2.45) is 0 Å². The van der Waals surface area contributed by atoms with E-state index in [4.69, 9.17) is 68.6 Å². The van der Waals surface area contributed by atoms with E-state index in [1.54, 1.807) is 21.8 Å². The van der Waals surface area contributed by atoms with Crippen molar-refractivity contribution < 1.29 is 33.3 Å². The summed E-state index contributed by atoms with van der Waals surface area (Å²) >= 11 is 0. The lowest BCUT2D eigenvalue weighted by molar-refractivity contribution is -0.129. The van der Waals surface area contributed by atoms with Gasteiger partial charge in [0.25, 0.3) is 0 Å². The van der Waals surface area contributed by atoms with Gasteiger partial charge in [0.1, 0.15) is 55.4 Å². The lowest BCUT2D eigenvalue weighted by Gasteiger charge is -2.41. The van der Waals surface area contributed by atoms with Gasteiger partial charge in [0.15, 0.2) is 0 Å². The first-order valence-electron chi connectivity index (χ1n) is 43.7. The van der Waals surface area contributed by atoms with Gasteiger partial charge in [-0.3, -0.25) is 19.3 Å². The molecular weight excluding hydrogens is 1570 g/mol. The molecule has 3 aromatic heterocycles. The van der Waals surface area contributed by atoms with E-state index in [1.165, 1.54) is 74.0 Å². The fraction of sp³-hybridized carbons (Fsp3) is 0.443. The molecule has 0 bridgehead atoms. The Morgan fingerprint density at radius 3 is 1.14 bits per heavy atom. The van der Waals surface area contributed by atoms with Crippen LogP contribution in [0, 0.1) is 19.7 Å². The van der Waals surface area contributed by atoms with Gasteiger partial charge in [0, 0.05) is 160 Å². The summed E-state index contributed by atoms with van der Waals surface area (Å²) in [6, 6.07) is 45.8. The first-order chi connectivity index (χ1) is 60.7. The second-order valence-corrected chi connectivity index (χ2v) is 34.4. The van der Waals surface area contributed by atoms with Gasteiger partial charge >= 0.3 is 18.0 Å². The molecular formula is C97H115N21O7. The number of aromatic nitrogens is 6. The molecule has 28 nitrogen and oxygen atoms in total. The fourth-order valence-electron chi connectivity index (χ4n) is 18.7. The summed E-state index contributed by atoms with van der Waals surface area (Å²) in [5, 5.41) is 7.33. The molecule has 0 saturated carbocycles. The lowest BCUT2D eigenvalue weighted by Crippen LogP contribution is -2.56. The van der Waals surface area contributed by atoms with Crippen molar-refractivity contribution in [2.75, 3.05) is 196 Å². The van der Waals surface area contributed by atoms with Crippen LogP contribution in [0.15, 0.2) is 165 Å². The third-order valence-electron chi connectivity index (χ3n) is 26.2. The van der Waals surface area contributed by atoms with Gasteiger partial charge in [-0.05, 0) is 140 Å². The molecule has 8 aliphatic heterocycles. The molecule has 2 unspecified atom stereocenters. The number of carbonyl (C=O) groups is 3. The highest BCUT2D eigenvalue weighted by Crippen LogP contribution is 2.40. The molecule has 0 spiro atoms. The molecule has 5 saturated heterocycles. The molecule has 0 aliphatic carbocycles. The van der Waals surface area contributed by atoms with Gasteiger partial charge in [0.2, 0.25) is 37.4 Å². The zero-order valence-corrected chi connectivity index (χ0v) is 73.2. The van der Waals surface area contributed by atoms with Crippen molar-refractivity contribution in [1.29, 1.82) is 0 Å². The number of ether oxygens (including phenoxy) is 4. The van der Waals surface area contributed by atoms with Gasteiger partial charge in [-0.1, -0.05) is 129 Å². The number of hydrogen-bond donors (Lipinski definition) is 0. The van der Waals surface area contributed by atoms with Crippen molar-refractivity contribution in [3.8, 4) is 18.0 Å². The smallest absolute Gasteiger partial charge is 0.318 e. The third-order valence-corrected chi connectivity index (χ3v) is 26.2. The van der Waals surface area contributed by atoms with Crippen LogP contribution in [0.1, 0.15) is 66.9 Å². The molecule has 11 heterocycles. The Labute approximate surface area is 734 Å². The average Bonchev–Trinajstić information content (AvgIpc) is 0.896. The largest absolute Gasteiger partial charge is 0.462 e. The Morgan fingerprint density at radius 1 is 0.448 bits per heavy atom. The van der Waals surface area contributed by atoms with Crippen LogP contribution in [0.3, 0.4) is 0 Å². The normalized spacial score (nSPS) is 20.3. The predicted octanol–water partition coefficient (Wildman–Crippen LogP) is 11.2. The summed E-state index contributed by atoms with van der Waals surface area (Å²) in [6.07, 6.45) is 9.77. The van der Waals surface area contributed by atoms with E-state index in [2.05, 4.69) is 234 Å². The number of rotatable bonds is 23. The number of nitrogens with zero attached hydrogens (tertiary/aromatic N) is 21. The highest BCUT2D eigenvalue weighted by Gasteiger charge is 2.41. The van der Waals surface area contributed by atoms with Crippen LogP contribution in [-0.4, -0.2) is 285 Å². The number of hydrogen-bond acceptors (Lipinski definition) is 22. The number of methoxy groups -OCH3 is 1. The number of amides is 3. The van der Waals surface area contributed by atoms with Crippen LogP contribution in [0.5, 0.6) is 18.0 Å². The van der Waals surface area contributed by atoms with Crippen LogP contribution < -0.4 is 43.6 Å². The van der Waals surface area contributed by atoms with Gasteiger partial charge in [0.05, 0.1) is 42.8 Å². The number of carbonyl (C=O) groups excluding carboxylic acids is 3. The summed E-state index contributed by atoms with van der Waals surface area (Å²) in [5.41, 5.74) is 9.66. The SMILES string of the molecule is [C-]#[N+]CC1CN(c2nc(OCC(C)(C)N(C)C)nc3c2CCN(c2cccc4ccccc24)C3)CCN1C(=O)C=C.[C-]#[N+]CC1CN(c2nc(OC[C@@H]3C[C@@H](OC)CN3C)nc3c2CCN(c2cccc4ccccc24)C3)CCN1C(=O)C=C.[C-]#[N+]C[C@H]1CN(c2nc(OC[C@H]3CCCN3C)nc3c2CCN(c2cccc4ccccc24)C3)CCN1C(=O)C=C. The molecule has 8 aliphatic rings. The van der Waals surface area contributed by atoms with E-state index in [-0.39, 0.29) is 73.2 Å².